The van der Waals surface area contributed by atoms with Crippen molar-refractivity contribution in [1.82, 2.24) is 14.5 Å². The normalized spacial score (nSPS) is 12.4. The van der Waals surface area contributed by atoms with E-state index in [1.807, 2.05) is 31.2 Å². The summed E-state index contributed by atoms with van der Waals surface area (Å²) in [7, 11) is 3.12. The van der Waals surface area contributed by atoms with Crippen molar-refractivity contribution in [1.29, 1.82) is 0 Å². The third-order valence-electron chi connectivity index (χ3n) is 3.59. The number of nitrogens with one attached hydrogen (secondary N) is 1. The molecular formula is C15H18ClN3O2. The molecule has 5 nitrogen and oxygen atoms in total. The van der Waals surface area contributed by atoms with Crippen LogP contribution in [-0.4, -0.2) is 9.13 Å². The lowest BCUT2D eigenvalue weighted by Crippen LogP contribution is -2.39. The van der Waals surface area contributed by atoms with Crippen LogP contribution < -0.4 is 16.6 Å². The highest BCUT2D eigenvalue weighted by atomic mass is 35.5. The standard InChI is InChI=1S/C15H18ClN3O2/c1-10(12-6-4-5-7-13(12)16)17-9-11-8-14(20)19(3)15(21)18(11)2/h4-8,10,17H,9H2,1-3H3/t10-/m1/s1. The maximum atomic E-state index is 11.9. The van der Waals surface area contributed by atoms with E-state index < -0.39 is 0 Å². The van der Waals surface area contributed by atoms with Gasteiger partial charge < -0.3 is 5.32 Å². The topological polar surface area (TPSA) is 56.0 Å². The minimum absolute atomic E-state index is 0.0119. The molecule has 1 aromatic carbocycles. The quantitative estimate of drug-likeness (QED) is 0.933. The van der Waals surface area contributed by atoms with Crippen molar-refractivity contribution < 1.29 is 0 Å². The summed E-state index contributed by atoms with van der Waals surface area (Å²) in [5.41, 5.74) is 0.986. The van der Waals surface area contributed by atoms with Crippen molar-refractivity contribution in [3.63, 3.8) is 0 Å². The van der Waals surface area contributed by atoms with E-state index in [2.05, 4.69) is 5.32 Å². The maximum absolute atomic E-state index is 11.9. The molecule has 0 saturated carbocycles. The lowest BCUT2D eigenvalue weighted by molar-refractivity contribution is 0.540. The first-order valence-electron chi connectivity index (χ1n) is 6.65. The zero-order chi connectivity index (χ0) is 15.6. The second-order valence-corrected chi connectivity index (χ2v) is 5.41. The molecule has 0 spiro atoms. The van der Waals surface area contributed by atoms with E-state index >= 15 is 0 Å². The van der Waals surface area contributed by atoms with E-state index in [-0.39, 0.29) is 17.3 Å². The predicted octanol–water partition coefficient (Wildman–Crippen LogP) is 1.59. The molecule has 2 aromatic rings. The van der Waals surface area contributed by atoms with Crippen LogP contribution in [0.25, 0.3) is 0 Å². The summed E-state index contributed by atoms with van der Waals surface area (Å²) in [6.07, 6.45) is 0. The Morgan fingerprint density at radius 1 is 1.19 bits per heavy atom. The Morgan fingerprint density at radius 3 is 2.52 bits per heavy atom. The van der Waals surface area contributed by atoms with E-state index in [0.717, 1.165) is 10.1 Å². The van der Waals surface area contributed by atoms with Crippen molar-refractivity contribution in [2.75, 3.05) is 0 Å². The summed E-state index contributed by atoms with van der Waals surface area (Å²) in [6, 6.07) is 9.06. The molecule has 0 aliphatic carbocycles. The molecule has 0 bridgehead atoms. The van der Waals surface area contributed by atoms with E-state index in [1.54, 1.807) is 7.05 Å². The van der Waals surface area contributed by atoms with Gasteiger partial charge in [0.05, 0.1) is 0 Å². The Balaban J connectivity index is 2.20. The zero-order valence-electron chi connectivity index (χ0n) is 12.3. The number of rotatable bonds is 4. The lowest BCUT2D eigenvalue weighted by atomic mass is 10.1. The Labute approximate surface area is 127 Å². The molecule has 1 N–H and O–H groups in total. The van der Waals surface area contributed by atoms with Gasteiger partial charge in [-0.25, -0.2) is 4.79 Å². The maximum Gasteiger partial charge on any atom is 0.330 e. The van der Waals surface area contributed by atoms with Gasteiger partial charge >= 0.3 is 5.69 Å². The Kier molecular flexibility index (Phi) is 4.65. The number of aromatic nitrogens is 2. The smallest absolute Gasteiger partial charge is 0.305 e. The summed E-state index contributed by atoms with van der Waals surface area (Å²) in [5.74, 6) is 0. The fraction of sp³-hybridized carbons (Fsp3) is 0.333. The van der Waals surface area contributed by atoms with Crippen molar-refractivity contribution in [3.8, 4) is 0 Å². The molecular weight excluding hydrogens is 290 g/mol. The average Bonchev–Trinajstić information content (AvgIpc) is 2.47. The van der Waals surface area contributed by atoms with Crippen LogP contribution in [0, 0.1) is 0 Å². The van der Waals surface area contributed by atoms with E-state index in [9.17, 15) is 9.59 Å². The van der Waals surface area contributed by atoms with Crippen LogP contribution in [0.4, 0.5) is 0 Å². The minimum atomic E-state index is -0.329. The summed E-state index contributed by atoms with van der Waals surface area (Å²) >= 11 is 6.15. The van der Waals surface area contributed by atoms with Crippen LogP contribution in [-0.2, 0) is 20.6 Å². The molecule has 2 rings (SSSR count). The zero-order valence-corrected chi connectivity index (χ0v) is 13.0. The monoisotopic (exact) mass is 307 g/mol. The van der Waals surface area contributed by atoms with Gasteiger partial charge in [0.25, 0.3) is 5.56 Å². The molecule has 0 amide bonds. The fourth-order valence-electron chi connectivity index (χ4n) is 2.14. The third-order valence-corrected chi connectivity index (χ3v) is 3.93. The molecule has 1 aromatic heterocycles. The molecule has 1 atom stereocenters. The van der Waals surface area contributed by atoms with Crippen molar-refractivity contribution in [2.45, 2.75) is 19.5 Å². The molecule has 112 valence electrons. The van der Waals surface area contributed by atoms with Gasteiger partial charge in [-0.1, -0.05) is 29.8 Å². The fourth-order valence-corrected chi connectivity index (χ4v) is 2.44. The number of hydrogen-bond acceptors (Lipinski definition) is 3. The summed E-state index contributed by atoms with van der Waals surface area (Å²) in [5, 5.41) is 3.97. The SMILES string of the molecule is C[C@@H](NCc1cc(=O)n(C)c(=O)n1C)c1ccccc1Cl. The molecule has 0 aliphatic rings. The predicted molar refractivity (Wildman–Crippen MR) is 83.6 cm³/mol. The molecule has 0 fully saturated rings. The number of halogens is 1. The van der Waals surface area contributed by atoms with Gasteiger partial charge in [0, 0.05) is 43.5 Å². The number of nitrogens with zero attached hydrogens (tertiary/aromatic N) is 2. The molecule has 0 radical (unpaired) electrons. The Morgan fingerprint density at radius 2 is 1.86 bits per heavy atom. The lowest BCUT2D eigenvalue weighted by Gasteiger charge is -2.17. The summed E-state index contributed by atoms with van der Waals surface area (Å²) in [4.78, 5) is 23.5. The highest BCUT2D eigenvalue weighted by Crippen LogP contribution is 2.22. The summed E-state index contributed by atoms with van der Waals surface area (Å²) in [6.45, 7) is 2.40. The molecule has 1 heterocycles. The van der Waals surface area contributed by atoms with Gasteiger partial charge in [0.15, 0.2) is 0 Å². The van der Waals surface area contributed by atoms with Gasteiger partial charge in [-0.15, -0.1) is 0 Å². The first kappa shape index (κ1) is 15.5. The van der Waals surface area contributed by atoms with Crippen molar-refractivity contribution >= 4 is 11.6 Å². The average molecular weight is 308 g/mol. The first-order chi connectivity index (χ1) is 9.91. The highest BCUT2D eigenvalue weighted by Gasteiger charge is 2.10. The highest BCUT2D eigenvalue weighted by molar-refractivity contribution is 6.31. The van der Waals surface area contributed by atoms with Crippen molar-refractivity contribution in [2.24, 2.45) is 14.1 Å². The Hall–Kier alpha value is -1.85. The van der Waals surface area contributed by atoms with Crippen LogP contribution in [0.5, 0.6) is 0 Å². The third kappa shape index (κ3) is 3.25. The minimum Gasteiger partial charge on any atom is -0.305 e. The van der Waals surface area contributed by atoms with Crippen LogP contribution >= 0.6 is 11.6 Å². The van der Waals surface area contributed by atoms with Gasteiger partial charge in [0.2, 0.25) is 0 Å². The Bertz CT molecular complexity index is 764. The molecule has 0 aliphatic heterocycles. The van der Waals surface area contributed by atoms with E-state index in [0.29, 0.717) is 17.3 Å². The van der Waals surface area contributed by atoms with Gasteiger partial charge in [-0.2, -0.15) is 0 Å². The van der Waals surface area contributed by atoms with Gasteiger partial charge in [-0.3, -0.25) is 13.9 Å². The summed E-state index contributed by atoms with van der Waals surface area (Å²) < 4.78 is 2.55. The van der Waals surface area contributed by atoms with Gasteiger partial charge in [0.1, 0.15) is 0 Å². The largest absolute Gasteiger partial charge is 0.330 e. The number of benzene rings is 1. The molecule has 0 unspecified atom stereocenters. The van der Waals surface area contributed by atoms with Crippen molar-refractivity contribution in [3.05, 3.63) is 67.4 Å². The second-order valence-electron chi connectivity index (χ2n) is 5.00. The van der Waals surface area contributed by atoms with Crippen LogP contribution in [0.15, 0.2) is 39.9 Å². The van der Waals surface area contributed by atoms with E-state index in [1.165, 1.54) is 17.7 Å². The molecule has 21 heavy (non-hydrogen) atoms. The molecule has 6 heteroatoms. The van der Waals surface area contributed by atoms with Crippen LogP contribution in [0.1, 0.15) is 24.2 Å². The van der Waals surface area contributed by atoms with Crippen LogP contribution in [0.2, 0.25) is 5.02 Å². The van der Waals surface area contributed by atoms with Crippen LogP contribution in [0.3, 0.4) is 0 Å². The molecule has 0 saturated heterocycles. The first-order valence-corrected chi connectivity index (χ1v) is 7.03. The number of hydrogen-bond donors (Lipinski definition) is 1. The van der Waals surface area contributed by atoms with E-state index in [4.69, 9.17) is 11.6 Å². The second kappa shape index (κ2) is 6.28. The van der Waals surface area contributed by atoms with Gasteiger partial charge in [-0.05, 0) is 18.6 Å².